The fraction of sp³-hybridized carbons (Fsp3) is 0.167. The summed E-state index contributed by atoms with van der Waals surface area (Å²) in [6.07, 6.45) is -2.80. The van der Waals surface area contributed by atoms with Crippen LogP contribution >= 0.6 is 0 Å². The minimum absolute atomic E-state index is 0.0287. The molecular formula is C12H9F3N2O. The molecule has 0 saturated carbocycles. The van der Waals surface area contributed by atoms with E-state index in [0.29, 0.717) is 6.20 Å². The fourth-order valence-electron chi connectivity index (χ4n) is 1.35. The summed E-state index contributed by atoms with van der Waals surface area (Å²) in [5, 5.41) is 0. The predicted octanol–water partition coefficient (Wildman–Crippen LogP) is 3.07. The Labute approximate surface area is 101 Å². The van der Waals surface area contributed by atoms with Crippen molar-refractivity contribution >= 4 is 0 Å². The summed E-state index contributed by atoms with van der Waals surface area (Å²) in [4.78, 5) is 6.86. The minimum Gasteiger partial charge on any atom is -0.472 e. The average Bonchev–Trinajstić information content (AvgIpc) is 2.37. The van der Waals surface area contributed by atoms with Crippen molar-refractivity contribution in [3.63, 3.8) is 0 Å². The summed E-state index contributed by atoms with van der Waals surface area (Å²) in [5.74, 6) is -0.457. The molecule has 0 spiro atoms. The Bertz CT molecular complexity index is 514. The van der Waals surface area contributed by atoms with Gasteiger partial charge in [-0.2, -0.15) is 13.2 Å². The van der Waals surface area contributed by atoms with Gasteiger partial charge in [-0.25, -0.2) is 9.97 Å². The van der Waals surface area contributed by atoms with Crippen molar-refractivity contribution in [3.8, 4) is 5.88 Å². The lowest BCUT2D eigenvalue weighted by Gasteiger charge is -2.11. The van der Waals surface area contributed by atoms with E-state index < -0.39 is 17.6 Å². The Hall–Kier alpha value is -2.11. The third-order valence-corrected chi connectivity index (χ3v) is 2.20. The van der Waals surface area contributed by atoms with Crippen molar-refractivity contribution in [1.82, 2.24) is 9.97 Å². The van der Waals surface area contributed by atoms with Gasteiger partial charge in [0.1, 0.15) is 18.5 Å². The first kappa shape index (κ1) is 12.3. The topological polar surface area (TPSA) is 35.0 Å². The zero-order valence-corrected chi connectivity index (χ0v) is 9.19. The quantitative estimate of drug-likeness (QED) is 0.844. The Kier molecular flexibility index (Phi) is 3.45. The highest BCUT2D eigenvalue weighted by Crippen LogP contribution is 2.34. The molecule has 3 nitrogen and oxygen atoms in total. The molecular weight excluding hydrogens is 245 g/mol. The third kappa shape index (κ3) is 2.97. The molecule has 0 atom stereocenters. The maximum absolute atomic E-state index is 12.6. The second kappa shape index (κ2) is 5.03. The second-order valence-corrected chi connectivity index (χ2v) is 3.51. The van der Waals surface area contributed by atoms with Crippen molar-refractivity contribution in [3.05, 3.63) is 54.0 Å². The highest BCUT2D eigenvalue weighted by Gasteiger charge is 2.35. The van der Waals surface area contributed by atoms with Crippen LogP contribution in [0.5, 0.6) is 5.88 Å². The van der Waals surface area contributed by atoms with Crippen LogP contribution in [-0.4, -0.2) is 9.97 Å². The zero-order chi connectivity index (χ0) is 13.0. The number of alkyl halides is 3. The highest BCUT2D eigenvalue weighted by molar-refractivity contribution is 5.26. The Morgan fingerprint density at radius 1 is 1.11 bits per heavy atom. The summed E-state index contributed by atoms with van der Waals surface area (Å²) in [6.45, 7) is 0.0287. The van der Waals surface area contributed by atoms with E-state index in [0.717, 1.165) is 11.9 Å². The van der Waals surface area contributed by atoms with E-state index in [2.05, 4.69) is 9.97 Å². The Morgan fingerprint density at radius 2 is 1.83 bits per heavy atom. The molecule has 0 aliphatic carbocycles. The van der Waals surface area contributed by atoms with Crippen LogP contribution in [0.25, 0.3) is 0 Å². The smallest absolute Gasteiger partial charge is 0.423 e. The van der Waals surface area contributed by atoms with Gasteiger partial charge in [-0.3, -0.25) is 0 Å². The molecule has 6 heteroatoms. The van der Waals surface area contributed by atoms with Gasteiger partial charge in [0.15, 0.2) is 0 Å². The van der Waals surface area contributed by atoms with Crippen molar-refractivity contribution in [2.24, 2.45) is 0 Å². The molecule has 1 aromatic carbocycles. The van der Waals surface area contributed by atoms with Crippen molar-refractivity contribution in [2.45, 2.75) is 12.8 Å². The minimum atomic E-state index is -4.52. The summed E-state index contributed by atoms with van der Waals surface area (Å²) >= 11 is 0. The first-order valence-electron chi connectivity index (χ1n) is 5.11. The number of halogens is 3. The maximum Gasteiger partial charge on any atom is 0.423 e. The summed E-state index contributed by atoms with van der Waals surface area (Å²) in [6, 6.07) is 8.89. The van der Waals surface area contributed by atoms with Gasteiger partial charge in [0.2, 0.25) is 5.88 Å². The summed E-state index contributed by atoms with van der Waals surface area (Å²) in [5.41, 5.74) is -0.204. The van der Waals surface area contributed by atoms with Gasteiger partial charge in [0.25, 0.3) is 0 Å². The molecule has 0 aliphatic rings. The predicted molar refractivity (Wildman–Crippen MR) is 57.8 cm³/mol. The van der Waals surface area contributed by atoms with Crippen LogP contribution < -0.4 is 4.74 Å². The molecule has 0 N–H and O–H groups in total. The monoisotopic (exact) mass is 254 g/mol. The normalized spacial score (nSPS) is 11.3. The average molecular weight is 254 g/mol. The molecule has 2 rings (SSSR count). The van der Waals surface area contributed by atoms with Crippen LogP contribution in [0.2, 0.25) is 0 Å². The Balaban J connectivity index is 2.15. The van der Waals surface area contributed by atoms with Gasteiger partial charge in [0.05, 0.1) is 0 Å². The van der Waals surface area contributed by atoms with Crippen LogP contribution in [0.1, 0.15) is 11.1 Å². The van der Waals surface area contributed by atoms with E-state index in [9.17, 15) is 13.2 Å². The van der Waals surface area contributed by atoms with E-state index in [1.165, 1.54) is 0 Å². The third-order valence-electron chi connectivity index (χ3n) is 2.20. The van der Waals surface area contributed by atoms with Gasteiger partial charge in [-0.15, -0.1) is 0 Å². The molecule has 0 aliphatic heterocycles. The van der Waals surface area contributed by atoms with E-state index in [1.54, 1.807) is 24.3 Å². The summed E-state index contributed by atoms with van der Waals surface area (Å²) in [7, 11) is 0. The number of hydrogen-bond acceptors (Lipinski definition) is 3. The zero-order valence-electron chi connectivity index (χ0n) is 9.19. The van der Waals surface area contributed by atoms with Gasteiger partial charge in [0, 0.05) is 6.20 Å². The van der Waals surface area contributed by atoms with Crippen molar-refractivity contribution in [1.29, 1.82) is 0 Å². The number of hydrogen-bond donors (Lipinski definition) is 0. The number of nitrogens with zero attached hydrogens (tertiary/aromatic N) is 2. The van der Waals surface area contributed by atoms with Gasteiger partial charge >= 0.3 is 6.18 Å². The molecule has 0 radical (unpaired) electrons. The lowest BCUT2D eigenvalue weighted by molar-refractivity contribution is -0.139. The van der Waals surface area contributed by atoms with Gasteiger partial charge < -0.3 is 4.74 Å². The Morgan fingerprint density at radius 3 is 2.50 bits per heavy atom. The number of ether oxygens (including phenoxy) is 1. The van der Waals surface area contributed by atoms with Crippen LogP contribution in [0.3, 0.4) is 0 Å². The molecule has 94 valence electrons. The fourth-order valence-corrected chi connectivity index (χ4v) is 1.35. The van der Waals surface area contributed by atoms with Crippen LogP contribution in [-0.2, 0) is 12.8 Å². The molecule has 1 heterocycles. The first-order valence-corrected chi connectivity index (χ1v) is 5.11. The van der Waals surface area contributed by atoms with E-state index in [-0.39, 0.29) is 6.61 Å². The van der Waals surface area contributed by atoms with E-state index >= 15 is 0 Å². The maximum atomic E-state index is 12.6. The number of benzene rings is 1. The number of rotatable bonds is 3. The van der Waals surface area contributed by atoms with Crippen molar-refractivity contribution in [2.75, 3.05) is 0 Å². The van der Waals surface area contributed by atoms with E-state index in [1.807, 2.05) is 6.07 Å². The lowest BCUT2D eigenvalue weighted by atomic mass is 10.2. The van der Waals surface area contributed by atoms with Gasteiger partial charge in [-0.1, -0.05) is 30.3 Å². The molecule has 0 amide bonds. The molecule has 2 aromatic rings. The molecule has 0 fully saturated rings. The van der Waals surface area contributed by atoms with Crippen LogP contribution in [0.4, 0.5) is 13.2 Å². The highest BCUT2D eigenvalue weighted by atomic mass is 19.4. The first-order chi connectivity index (χ1) is 8.57. The van der Waals surface area contributed by atoms with Crippen LogP contribution in [0.15, 0.2) is 42.9 Å². The molecule has 0 unspecified atom stereocenters. The van der Waals surface area contributed by atoms with Crippen molar-refractivity contribution < 1.29 is 17.9 Å². The molecule has 1 aromatic heterocycles. The molecule has 0 bridgehead atoms. The van der Waals surface area contributed by atoms with E-state index in [4.69, 9.17) is 4.74 Å². The SMILES string of the molecule is FC(F)(F)c1cncnc1OCc1ccccc1. The lowest BCUT2D eigenvalue weighted by Crippen LogP contribution is -2.10. The number of aromatic nitrogens is 2. The molecule has 18 heavy (non-hydrogen) atoms. The second-order valence-electron chi connectivity index (χ2n) is 3.51. The van der Waals surface area contributed by atoms with Gasteiger partial charge in [-0.05, 0) is 5.56 Å². The standard InChI is InChI=1S/C12H9F3N2O/c13-12(14,15)10-6-16-8-17-11(10)18-7-9-4-2-1-3-5-9/h1-6,8H,7H2. The molecule has 0 saturated heterocycles. The summed E-state index contributed by atoms with van der Waals surface area (Å²) < 4.78 is 42.9. The van der Waals surface area contributed by atoms with Crippen LogP contribution in [0, 0.1) is 0 Å². The largest absolute Gasteiger partial charge is 0.472 e.